The van der Waals surface area contributed by atoms with E-state index in [4.69, 9.17) is 5.11 Å². The van der Waals surface area contributed by atoms with Crippen LogP contribution >= 0.6 is 0 Å². The van der Waals surface area contributed by atoms with Crippen molar-refractivity contribution in [2.45, 2.75) is 11.5 Å². The first-order valence-corrected chi connectivity index (χ1v) is 6.77. The Morgan fingerprint density at radius 1 is 1.15 bits per heavy atom. The van der Waals surface area contributed by atoms with Crippen LogP contribution in [0, 0.1) is 17.5 Å². The van der Waals surface area contributed by atoms with Crippen LogP contribution in [-0.4, -0.2) is 18.5 Å². The van der Waals surface area contributed by atoms with Gasteiger partial charge in [-0.15, -0.1) is 0 Å². The number of hydrogen-bond acceptors (Lipinski definition) is 3. The summed E-state index contributed by atoms with van der Waals surface area (Å²) >= 11 is 0. The summed E-state index contributed by atoms with van der Waals surface area (Å²) in [6.45, 7) is -0.422. The fraction of sp³-hybridized carbons (Fsp3) is 0.0909. The molecule has 1 heterocycles. The second kappa shape index (κ2) is 5.17. The maximum atomic E-state index is 13.4. The number of hydrogen-bond donors (Lipinski definition) is 3. The monoisotopic (exact) mass is 306 g/mol. The summed E-state index contributed by atoms with van der Waals surface area (Å²) in [6.07, 6.45) is 1.05. The lowest BCUT2D eigenvalue weighted by Gasteiger charge is -2.08. The molecule has 1 aromatic carbocycles. The Morgan fingerprint density at radius 3 is 2.25 bits per heavy atom. The molecule has 108 valence electrons. The molecular weight excluding hydrogens is 297 g/mol. The van der Waals surface area contributed by atoms with Gasteiger partial charge in [-0.3, -0.25) is 4.72 Å². The molecule has 0 saturated carbocycles. The zero-order valence-corrected chi connectivity index (χ0v) is 10.6. The van der Waals surface area contributed by atoms with Gasteiger partial charge in [0.25, 0.3) is 10.0 Å². The molecule has 5 nitrogen and oxygen atoms in total. The number of aromatic amines is 1. The Morgan fingerprint density at radius 2 is 1.75 bits per heavy atom. The normalized spacial score (nSPS) is 11.6. The van der Waals surface area contributed by atoms with Crippen molar-refractivity contribution in [1.82, 2.24) is 4.98 Å². The number of H-pyrrole nitrogens is 1. The molecule has 0 bridgehead atoms. The average molecular weight is 306 g/mol. The van der Waals surface area contributed by atoms with Crippen LogP contribution < -0.4 is 4.72 Å². The van der Waals surface area contributed by atoms with Gasteiger partial charge in [-0.05, 0) is 6.07 Å². The van der Waals surface area contributed by atoms with E-state index in [2.05, 4.69) is 4.98 Å². The standard InChI is InChI=1S/C11H9F3N2O3S/c12-6-1-9(13)11(10(14)2-6)16-20(18,19)8-3-7(5-17)15-4-8/h1-4,15-17H,5H2. The molecule has 2 rings (SSSR count). The average Bonchev–Trinajstić information content (AvgIpc) is 2.83. The molecule has 20 heavy (non-hydrogen) atoms. The van der Waals surface area contributed by atoms with Gasteiger partial charge in [0.2, 0.25) is 0 Å². The van der Waals surface area contributed by atoms with E-state index in [9.17, 15) is 21.6 Å². The van der Waals surface area contributed by atoms with Gasteiger partial charge in [0, 0.05) is 24.0 Å². The largest absolute Gasteiger partial charge is 0.390 e. The Balaban J connectivity index is 2.38. The number of anilines is 1. The maximum absolute atomic E-state index is 13.4. The number of rotatable bonds is 4. The Hall–Kier alpha value is -2.00. The first-order valence-electron chi connectivity index (χ1n) is 5.29. The van der Waals surface area contributed by atoms with Gasteiger partial charge in [-0.1, -0.05) is 0 Å². The summed E-state index contributed by atoms with van der Waals surface area (Å²) in [5.74, 6) is -3.90. The van der Waals surface area contributed by atoms with Crippen LogP contribution in [0.15, 0.2) is 29.3 Å². The number of aliphatic hydroxyl groups excluding tert-OH is 1. The lowest BCUT2D eigenvalue weighted by molar-refractivity contribution is 0.277. The zero-order valence-electron chi connectivity index (χ0n) is 9.82. The molecule has 3 N–H and O–H groups in total. The SMILES string of the molecule is O=S(=O)(Nc1c(F)cc(F)cc1F)c1c[nH]c(CO)c1. The van der Waals surface area contributed by atoms with Crippen LogP contribution in [0.5, 0.6) is 0 Å². The van der Waals surface area contributed by atoms with E-state index in [0.29, 0.717) is 12.1 Å². The fourth-order valence-corrected chi connectivity index (χ4v) is 2.59. The third-order valence-electron chi connectivity index (χ3n) is 2.44. The summed E-state index contributed by atoms with van der Waals surface area (Å²) in [5.41, 5.74) is -0.761. The minimum atomic E-state index is -4.26. The molecule has 0 aliphatic rings. The van der Waals surface area contributed by atoms with Crippen LogP contribution in [0.3, 0.4) is 0 Å². The summed E-state index contributed by atoms with van der Waals surface area (Å²) in [4.78, 5) is 2.15. The van der Waals surface area contributed by atoms with Gasteiger partial charge in [0.05, 0.1) is 6.61 Å². The van der Waals surface area contributed by atoms with E-state index in [0.717, 1.165) is 12.3 Å². The second-order valence-corrected chi connectivity index (χ2v) is 5.55. The van der Waals surface area contributed by atoms with Crippen molar-refractivity contribution in [3.63, 3.8) is 0 Å². The molecule has 0 spiro atoms. The summed E-state index contributed by atoms with van der Waals surface area (Å²) < 4.78 is 64.9. The molecule has 0 aliphatic heterocycles. The Bertz CT molecular complexity index is 720. The first kappa shape index (κ1) is 14.4. The molecule has 0 atom stereocenters. The Kier molecular flexibility index (Phi) is 3.73. The van der Waals surface area contributed by atoms with Gasteiger partial charge in [-0.2, -0.15) is 0 Å². The first-order chi connectivity index (χ1) is 9.33. The Labute approximate surface area is 112 Å². The lowest BCUT2D eigenvalue weighted by atomic mass is 10.3. The van der Waals surface area contributed by atoms with Crippen molar-refractivity contribution < 1.29 is 26.7 Å². The zero-order chi connectivity index (χ0) is 14.9. The number of aromatic nitrogens is 1. The number of sulfonamides is 1. The van der Waals surface area contributed by atoms with Crippen molar-refractivity contribution in [2.24, 2.45) is 0 Å². The highest BCUT2D eigenvalue weighted by atomic mass is 32.2. The lowest BCUT2D eigenvalue weighted by Crippen LogP contribution is -2.14. The van der Waals surface area contributed by atoms with E-state index in [1.807, 2.05) is 0 Å². The van der Waals surface area contributed by atoms with Gasteiger partial charge >= 0.3 is 0 Å². The van der Waals surface area contributed by atoms with Crippen LogP contribution in [0.2, 0.25) is 0 Å². The van der Waals surface area contributed by atoms with E-state index in [1.54, 1.807) is 4.72 Å². The molecule has 0 fully saturated rings. The van der Waals surface area contributed by atoms with E-state index < -0.39 is 39.8 Å². The maximum Gasteiger partial charge on any atom is 0.263 e. The summed E-state index contributed by atoms with van der Waals surface area (Å²) in [6, 6.07) is 1.82. The molecular formula is C11H9F3N2O3S. The van der Waals surface area contributed by atoms with Gasteiger partial charge in [0.15, 0.2) is 11.6 Å². The minimum Gasteiger partial charge on any atom is -0.390 e. The predicted octanol–water partition coefficient (Wildman–Crippen LogP) is 1.73. The highest BCUT2D eigenvalue weighted by Crippen LogP contribution is 2.23. The number of nitrogens with one attached hydrogen (secondary N) is 2. The van der Waals surface area contributed by atoms with E-state index >= 15 is 0 Å². The van der Waals surface area contributed by atoms with Crippen LogP contribution in [0.1, 0.15) is 5.69 Å². The topological polar surface area (TPSA) is 82.2 Å². The molecule has 1 aromatic heterocycles. The van der Waals surface area contributed by atoms with Gasteiger partial charge in [0.1, 0.15) is 16.4 Å². The van der Waals surface area contributed by atoms with Gasteiger partial charge < -0.3 is 10.1 Å². The van der Waals surface area contributed by atoms with Crippen LogP contribution in [0.4, 0.5) is 18.9 Å². The van der Waals surface area contributed by atoms with Crippen molar-refractivity contribution in [1.29, 1.82) is 0 Å². The molecule has 2 aromatic rings. The third kappa shape index (κ3) is 2.78. The number of benzene rings is 1. The van der Waals surface area contributed by atoms with Crippen molar-refractivity contribution in [3.05, 3.63) is 47.5 Å². The molecule has 0 aliphatic carbocycles. The highest BCUT2D eigenvalue weighted by molar-refractivity contribution is 7.92. The predicted molar refractivity (Wildman–Crippen MR) is 63.8 cm³/mol. The van der Waals surface area contributed by atoms with Crippen molar-refractivity contribution in [3.8, 4) is 0 Å². The summed E-state index contributed by atoms with van der Waals surface area (Å²) in [5, 5.41) is 8.82. The van der Waals surface area contributed by atoms with E-state index in [1.165, 1.54) is 0 Å². The molecule has 0 amide bonds. The van der Waals surface area contributed by atoms with Gasteiger partial charge in [-0.25, -0.2) is 21.6 Å². The van der Waals surface area contributed by atoms with Crippen LogP contribution in [0.25, 0.3) is 0 Å². The minimum absolute atomic E-state index is 0.213. The van der Waals surface area contributed by atoms with Crippen molar-refractivity contribution >= 4 is 15.7 Å². The fourth-order valence-electron chi connectivity index (χ4n) is 1.50. The molecule has 9 heteroatoms. The van der Waals surface area contributed by atoms with Crippen LogP contribution in [-0.2, 0) is 16.6 Å². The highest BCUT2D eigenvalue weighted by Gasteiger charge is 2.21. The smallest absolute Gasteiger partial charge is 0.263 e. The third-order valence-corrected chi connectivity index (χ3v) is 3.77. The molecule has 0 unspecified atom stereocenters. The number of halogens is 3. The molecule has 0 radical (unpaired) electrons. The van der Waals surface area contributed by atoms with Crippen molar-refractivity contribution in [2.75, 3.05) is 4.72 Å². The molecule has 0 saturated heterocycles. The summed E-state index contributed by atoms with van der Waals surface area (Å²) in [7, 11) is -4.26. The number of aliphatic hydroxyl groups is 1. The quantitative estimate of drug-likeness (QED) is 0.804. The van der Waals surface area contributed by atoms with E-state index in [-0.39, 0.29) is 10.6 Å². The second-order valence-electron chi connectivity index (χ2n) is 3.87.